The molecule has 1 unspecified atom stereocenters. The van der Waals surface area contributed by atoms with Gasteiger partial charge in [0.05, 0.1) is 31.2 Å². The Labute approximate surface area is 225 Å². The number of hydrogen-bond donors (Lipinski definition) is 1. The monoisotopic (exact) mass is 542 g/mol. The molecule has 4 rings (SSSR count). The van der Waals surface area contributed by atoms with Crippen molar-refractivity contribution in [2.45, 2.75) is 32.7 Å². The van der Waals surface area contributed by atoms with Crippen molar-refractivity contribution < 1.29 is 22.7 Å². The molecule has 0 saturated carbocycles. The number of carbonyl (C=O) groups excluding carboxylic acids is 2. The number of piperidine rings is 1. The molecular weight excluding hydrogens is 504 g/mol. The Kier molecular flexibility index (Phi) is 8.94. The largest absolute Gasteiger partial charge is 0.378 e. The summed E-state index contributed by atoms with van der Waals surface area (Å²) in [6.45, 7) is 7.97. The van der Waals surface area contributed by atoms with Crippen LogP contribution in [0.25, 0.3) is 0 Å². The maximum absolute atomic E-state index is 12.9. The Morgan fingerprint density at radius 1 is 1.00 bits per heavy atom. The second-order valence-electron chi connectivity index (χ2n) is 10.3. The van der Waals surface area contributed by atoms with Gasteiger partial charge in [0.25, 0.3) is 5.91 Å². The van der Waals surface area contributed by atoms with Gasteiger partial charge in [-0.05, 0) is 67.6 Å². The maximum Gasteiger partial charge on any atom is 0.254 e. The fraction of sp³-hybridized carbons (Fsp3) is 0.500. The lowest BCUT2D eigenvalue weighted by molar-refractivity contribution is -0.120. The van der Waals surface area contributed by atoms with Crippen molar-refractivity contribution in [3.8, 4) is 0 Å². The first-order chi connectivity index (χ1) is 18.1. The first-order valence-electron chi connectivity index (χ1n) is 13.2. The van der Waals surface area contributed by atoms with Crippen LogP contribution in [-0.2, 0) is 19.6 Å². The molecule has 38 heavy (non-hydrogen) atoms. The van der Waals surface area contributed by atoms with Crippen LogP contribution in [0.5, 0.6) is 0 Å². The summed E-state index contributed by atoms with van der Waals surface area (Å²) in [5.74, 6) is 0.228. The molecule has 2 aromatic rings. The molecule has 2 fully saturated rings. The summed E-state index contributed by atoms with van der Waals surface area (Å²) in [4.78, 5) is 29.7. The highest BCUT2D eigenvalue weighted by molar-refractivity contribution is 7.92. The van der Waals surface area contributed by atoms with Gasteiger partial charge < -0.3 is 19.9 Å². The Balaban J connectivity index is 1.37. The number of rotatable bonds is 8. The van der Waals surface area contributed by atoms with Crippen LogP contribution in [0.2, 0.25) is 0 Å². The number of morpholine rings is 1. The molecule has 1 atom stereocenters. The first kappa shape index (κ1) is 27.9. The zero-order valence-corrected chi connectivity index (χ0v) is 23.2. The van der Waals surface area contributed by atoms with Gasteiger partial charge in [-0.1, -0.05) is 19.1 Å². The summed E-state index contributed by atoms with van der Waals surface area (Å²) in [5.41, 5.74) is 2.92. The van der Waals surface area contributed by atoms with E-state index in [-0.39, 0.29) is 18.5 Å². The molecule has 0 aliphatic carbocycles. The van der Waals surface area contributed by atoms with Crippen LogP contribution in [0, 0.1) is 5.92 Å². The molecule has 9 nitrogen and oxygen atoms in total. The molecule has 0 aromatic heterocycles. The third-order valence-electron chi connectivity index (χ3n) is 7.31. The maximum atomic E-state index is 12.9. The average molecular weight is 543 g/mol. The number of hydrogen-bond acceptors (Lipinski definition) is 6. The Morgan fingerprint density at radius 3 is 2.18 bits per heavy atom. The van der Waals surface area contributed by atoms with Crippen molar-refractivity contribution in [1.29, 1.82) is 0 Å². The average Bonchev–Trinajstić information content (AvgIpc) is 2.92. The zero-order valence-electron chi connectivity index (χ0n) is 22.4. The molecule has 0 radical (unpaired) electrons. The molecule has 206 valence electrons. The number of carbonyl (C=O) groups is 2. The van der Waals surface area contributed by atoms with Crippen LogP contribution in [0.1, 0.15) is 48.7 Å². The summed E-state index contributed by atoms with van der Waals surface area (Å²) in [5, 5.41) is 2.91. The summed E-state index contributed by atoms with van der Waals surface area (Å²) < 4.78 is 31.4. The van der Waals surface area contributed by atoms with Gasteiger partial charge in [-0.25, -0.2) is 8.42 Å². The van der Waals surface area contributed by atoms with Crippen molar-refractivity contribution in [2.75, 3.05) is 61.4 Å². The Hall–Kier alpha value is -3.11. The molecule has 2 heterocycles. The standard InChI is InChI=1S/C28H38N4O5S/c1-21-12-14-30(15-13-21)25-8-4-23(5-9-25)22(2)29-27(33)20-32(38(3,35)36)26-10-6-24(7-11-26)28(34)31-16-18-37-19-17-31/h4-11,21-22H,12-20H2,1-3H3,(H,29,33). The molecule has 10 heteroatoms. The van der Waals surface area contributed by atoms with Gasteiger partial charge in [0.2, 0.25) is 15.9 Å². The number of sulfonamides is 1. The van der Waals surface area contributed by atoms with E-state index in [2.05, 4.69) is 29.3 Å². The number of anilines is 2. The number of ether oxygens (including phenoxy) is 1. The molecule has 1 N–H and O–H groups in total. The fourth-order valence-corrected chi connectivity index (χ4v) is 5.72. The number of benzene rings is 2. The summed E-state index contributed by atoms with van der Waals surface area (Å²) in [6, 6.07) is 14.2. The molecule has 2 aliphatic rings. The van der Waals surface area contributed by atoms with Crippen LogP contribution in [0.15, 0.2) is 48.5 Å². The van der Waals surface area contributed by atoms with E-state index in [9.17, 15) is 18.0 Å². The summed E-state index contributed by atoms with van der Waals surface area (Å²) in [6.07, 6.45) is 3.45. The van der Waals surface area contributed by atoms with Gasteiger partial charge in [0.1, 0.15) is 6.54 Å². The van der Waals surface area contributed by atoms with Gasteiger partial charge >= 0.3 is 0 Å². The predicted octanol–water partition coefficient (Wildman–Crippen LogP) is 3.04. The highest BCUT2D eigenvalue weighted by Gasteiger charge is 2.24. The minimum absolute atomic E-state index is 0.127. The van der Waals surface area contributed by atoms with Crippen molar-refractivity contribution in [2.24, 2.45) is 5.92 Å². The van der Waals surface area contributed by atoms with E-state index in [0.717, 1.165) is 35.1 Å². The fourth-order valence-electron chi connectivity index (χ4n) is 4.86. The molecule has 2 aliphatic heterocycles. The van der Waals surface area contributed by atoms with Crippen molar-refractivity contribution in [3.05, 3.63) is 59.7 Å². The molecule has 2 amide bonds. The van der Waals surface area contributed by atoms with E-state index in [0.29, 0.717) is 37.6 Å². The lowest BCUT2D eigenvalue weighted by Gasteiger charge is -2.32. The van der Waals surface area contributed by atoms with Crippen molar-refractivity contribution in [3.63, 3.8) is 0 Å². The normalized spacial score (nSPS) is 17.7. The topological polar surface area (TPSA) is 99.3 Å². The minimum Gasteiger partial charge on any atom is -0.378 e. The molecule has 2 aromatic carbocycles. The predicted molar refractivity (Wildman–Crippen MR) is 149 cm³/mol. The third kappa shape index (κ3) is 7.05. The van der Waals surface area contributed by atoms with E-state index in [1.807, 2.05) is 19.1 Å². The van der Waals surface area contributed by atoms with Crippen LogP contribution < -0.4 is 14.5 Å². The second-order valence-corrected chi connectivity index (χ2v) is 12.2. The van der Waals surface area contributed by atoms with E-state index in [1.165, 1.54) is 18.5 Å². The third-order valence-corrected chi connectivity index (χ3v) is 8.45. The Morgan fingerprint density at radius 2 is 1.61 bits per heavy atom. The quantitative estimate of drug-likeness (QED) is 0.551. The van der Waals surface area contributed by atoms with Gasteiger partial charge in [-0.15, -0.1) is 0 Å². The molecular formula is C28H38N4O5S. The van der Waals surface area contributed by atoms with Crippen molar-refractivity contribution >= 4 is 33.2 Å². The molecule has 2 saturated heterocycles. The lowest BCUT2D eigenvalue weighted by Crippen LogP contribution is -2.41. The van der Waals surface area contributed by atoms with Crippen LogP contribution in [-0.4, -0.2) is 77.3 Å². The van der Waals surface area contributed by atoms with Gasteiger partial charge in [-0.3, -0.25) is 13.9 Å². The van der Waals surface area contributed by atoms with Crippen molar-refractivity contribution in [1.82, 2.24) is 10.2 Å². The first-order valence-corrected chi connectivity index (χ1v) is 15.1. The summed E-state index contributed by atoms with van der Waals surface area (Å²) in [7, 11) is -3.73. The smallest absolute Gasteiger partial charge is 0.254 e. The van der Waals surface area contributed by atoms with E-state index < -0.39 is 15.9 Å². The lowest BCUT2D eigenvalue weighted by atomic mass is 9.98. The number of nitrogens with one attached hydrogen (secondary N) is 1. The van der Waals surface area contributed by atoms with E-state index in [1.54, 1.807) is 29.2 Å². The number of nitrogens with zero attached hydrogens (tertiary/aromatic N) is 3. The van der Waals surface area contributed by atoms with E-state index in [4.69, 9.17) is 4.74 Å². The zero-order chi connectivity index (χ0) is 27.3. The van der Waals surface area contributed by atoms with Gasteiger partial charge in [0, 0.05) is 37.4 Å². The molecule has 0 bridgehead atoms. The minimum atomic E-state index is -3.73. The van der Waals surface area contributed by atoms with Gasteiger partial charge in [-0.2, -0.15) is 0 Å². The SMILES string of the molecule is CC1CCN(c2ccc(C(C)NC(=O)CN(c3ccc(C(=O)N4CCOCC4)cc3)S(C)(=O)=O)cc2)CC1. The van der Waals surface area contributed by atoms with Crippen LogP contribution >= 0.6 is 0 Å². The highest BCUT2D eigenvalue weighted by Crippen LogP contribution is 2.25. The van der Waals surface area contributed by atoms with Gasteiger partial charge in [0.15, 0.2) is 0 Å². The second kappa shape index (κ2) is 12.2. The van der Waals surface area contributed by atoms with Crippen LogP contribution in [0.3, 0.4) is 0 Å². The molecule has 0 spiro atoms. The number of amides is 2. The van der Waals surface area contributed by atoms with Crippen LogP contribution in [0.4, 0.5) is 11.4 Å². The highest BCUT2D eigenvalue weighted by atomic mass is 32.2. The van der Waals surface area contributed by atoms with E-state index >= 15 is 0 Å². The Bertz CT molecular complexity index is 1200. The summed E-state index contributed by atoms with van der Waals surface area (Å²) >= 11 is 0.